The van der Waals surface area contributed by atoms with Crippen LogP contribution in [0.1, 0.15) is 23.2 Å². The summed E-state index contributed by atoms with van der Waals surface area (Å²) in [6, 6.07) is 13.4. The number of benzene rings is 1. The number of nitrogens with zero attached hydrogens (tertiary/aromatic N) is 2. The molecule has 0 saturated heterocycles. The highest BCUT2D eigenvalue weighted by atomic mass is 16.5. The molecule has 1 aromatic carbocycles. The minimum atomic E-state index is -0.0367. The van der Waals surface area contributed by atoms with Gasteiger partial charge in [0.25, 0.3) is 5.91 Å². The molecule has 0 bridgehead atoms. The van der Waals surface area contributed by atoms with Crippen molar-refractivity contribution in [1.82, 2.24) is 15.5 Å². The van der Waals surface area contributed by atoms with Crippen molar-refractivity contribution in [2.24, 2.45) is 0 Å². The third-order valence-corrected chi connectivity index (χ3v) is 3.79. The van der Waals surface area contributed by atoms with Gasteiger partial charge in [0.2, 0.25) is 0 Å². The summed E-state index contributed by atoms with van der Waals surface area (Å²) in [6.45, 7) is 0. The number of carbonyl (C=O) groups is 1. The molecule has 1 aliphatic carbocycles. The molecule has 3 aromatic rings. The van der Waals surface area contributed by atoms with Gasteiger partial charge in [-0.1, -0.05) is 17.3 Å². The minimum Gasteiger partial charge on any atom is -0.356 e. The fourth-order valence-corrected chi connectivity index (χ4v) is 2.37. The molecule has 1 amide bonds. The first-order chi connectivity index (χ1) is 11.3. The van der Waals surface area contributed by atoms with Crippen LogP contribution in [0.5, 0.6) is 0 Å². The molecule has 1 N–H and O–H groups in total. The van der Waals surface area contributed by atoms with Gasteiger partial charge in [-0.05, 0) is 37.1 Å². The highest BCUT2D eigenvalue weighted by molar-refractivity contribution is 5.95. The molecule has 0 radical (unpaired) electrons. The minimum absolute atomic E-state index is 0.0367. The first-order valence-electron chi connectivity index (χ1n) is 7.58. The van der Waals surface area contributed by atoms with Gasteiger partial charge < -0.3 is 9.84 Å². The fourth-order valence-electron chi connectivity index (χ4n) is 2.37. The Balaban J connectivity index is 1.60. The summed E-state index contributed by atoms with van der Waals surface area (Å²) in [5.74, 6) is 0.617. The molecule has 1 fully saturated rings. The van der Waals surface area contributed by atoms with E-state index >= 15 is 0 Å². The summed E-state index contributed by atoms with van der Waals surface area (Å²) in [5, 5.41) is 7.09. The third kappa shape index (κ3) is 2.99. The average molecular weight is 305 g/mol. The molecule has 2 heterocycles. The van der Waals surface area contributed by atoms with E-state index in [0.29, 0.717) is 23.1 Å². The monoisotopic (exact) mass is 305 g/mol. The van der Waals surface area contributed by atoms with Crippen LogP contribution in [0.4, 0.5) is 0 Å². The van der Waals surface area contributed by atoms with Crippen LogP contribution >= 0.6 is 0 Å². The van der Waals surface area contributed by atoms with Crippen molar-refractivity contribution in [2.75, 3.05) is 0 Å². The quantitative estimate of drug-likeness (QED) is 0.803. The Labute approximate surface area is 133 Å². The van der Waals surface area contributed by atoms with E-state index in [1.165, 1.54) is 0 Å². The Kier molecular flexibility index (Phi) is 3.38. The van der Waals surface area contributed by atoms with E-state index < -0.39 is 0 Å². The van der Waals surface area contributed by atoms with Crippen molar-refractivity contribution in [3.63, 3.8) is 0 Å². The lowest BCUT2D eigenvalue weighted by atomic mass is 10.1. The van der Waals surface area contributed by atoms with Crippen LogP contribution in [0, 0.1) is 0 Å². The number of nitrogens with one attached hydrogen (secondary N) is 1. The Bertz CT molecular complexity index is 838. The molecule has 4 rings (SSSR count). The zero-order valence-corrected chi connectivity index (χ0v) is 12.4. The molecule has 0 unspecified atom stereocenters. The van der Waals surface area contributed by atoms with Gasteiger partial charge in [0.1, 0.15) is 5.69 Å². The van der Waals surface area contributed by atoms with Crippen LogP contribution < -0.4 is 5.32 Å². The van der Waals surface area contributed by atoms with E-state index in [4.69, 9.17) is 4.52 Å². The predicted octanol–water partition coefficient (Wildman–Crippen LogP) is 3.30. The van der Waals surface area contributed by atoms with Gasteiger partial charge in [-0.3, -0.25) is 9.78 Å². The highest BCUT2D eigenvalue weighted by Gasteiger charge is 2.23. The predicted molar refractivity (Wildman–Crippen MR) is 85.7 cm³/mol. The van der Waals surface area contributed by atoms with E-state index in [1.807, 2.05) is 42.5 Å². The lowest BCUT2D eigenvalue weighted by molar-refractivity contribution is 0.0951. The Morgan fingerprint density at radius 3 is 2.78 bits per heavy atom. The van der Waals surface area contributed by atoms with Crippen molar-refractivity contribution < 1.29 is 9.32 Å². The molecule has 0 atom stereocenters. The maximum atomic E-state index is 12.1. The molecule has 1 saturated carbocycles. The van der Waals surface area contributed by atoms with Gasteiger partial charge in [0.05, 0.1) is 0 Å². The summed E-state index contributed by atoms with van der Waals surface area (Å²) in [7, 11) is 0. The summed E-state index contributed by atoms with van der Waals surface area (Å²) in [6.07, 6.45) is 5.58. The molecule has 23 heavy (non-hydrogen) atoms. The number of hydrogen-bond donors (Lipinski definition) is 1. The van der Waals surface area contributed by atoms with Crippen LogP contribution in [0.2, 0.25) is 0 Å². The molecule has 114 valence electrons. The second-order valence-corrected chi connectivity index (χ2v) is 5.65. The van der Waals surface area contributed by atoms with E-state index in [9.17, 15) is 4.79 Å². The van der Waals surface area contributed by atoms with Crippen LogP contribution in [0.15, 0.2) is 59.4 Å². The number of aromatic nitrogens is 2. The molecule has 2 aromatic heterocycles. The summed E-state index contributed by atoms with van der Waals surface area (Å²) >= 11 is 0. The third-order valence-electron chi connectivity index (χ3n) is 3.79. The van der Waals surface area contributed by atoms with Crippen LogP contribution in [0.25, 0.3) is 22.6 Å². The van der Waals surface area contributed by atoms with Gasteiger partial charge in [0, 0.05) is 41.2 Å². The SMILES string of the molecule is O=C(NC1CC1)c1cccc(-c2cc(-c3cccnc3)on2)c1. The Morgan fingerprint density at radius 1 is 1.13 bits per heavy atom. The van der Waals surface area contributed by atoms with Gasteiger partial charge in [-0.2, -0.15) is 0 Å². The molecular formula is C18H15N3O2. The second kappa shape index (κ2) is 5.68. The second-order valence-electron chi connectivity index (χ2n) is 5.65. The van der Waals surface area contributed by atoms with Gasteiger partial charge in [-0.15, -0.1) is 0 Å². The first kappa shape index (κ1) is 13.7. The number of rotatable bonds is 4. The molecule has 1 aliphatic rings. The van der Waals surface area contributed by atoms with Gasteiger partial charge >= 0.3 is 0 Å². The lowest BCUT2D eigenvalue weighted by Crippen LogP contribution is -2.25. The smallest absolute Gasteiger partial charge is 0.251 e. The summed E-state index contributed by atoms with van der Waals surface area (Å²) in [4.78, 5) is 16.2. The highest BCUT2D eigenvalue weighted by Crippen LogP contribution is 2.26. The molecule has 0 spiro atoms. The van der Waals surface area contributed by atoms with Crippen molar-refractivity contribution in [3.8, 4) is 22.6 Å². The summed E-state index contributed by atoms with van der Waals surface area (Å²) < 4.78 is 5.39. The van der Waals surface area contributed by atoms with Crippen molar-refractivity contribution >= 4 is 5.91 Å². The van der Waals surface area contributed by atoms with Gasteiger partial charge in [0.15, 0.2) is 5.76 Å². The van der Waals surface area contributed by atoms with E-state index in [0.717, 1.165) is 24.0 Å². The molecule has 0 aliphatic heterocycles. The first-order valence-corrected chi connectivity index (χ1v) is 7.58. The van der Waals surface area contributed by atoms with Crippen LogP contribution in [0.3, 0.4) is 0 Å². The molecule has 5 heteroatoms. The van der Waals surface area contributed by atoms with Gasteiger partial charge in [-0.25, -0.2) is 0 Å². The van der Waals surface area contributed by atoms with Crippen molar-refractivity contribution in [3.05, 3.63) is 60.4 Å². The molecule has 5 nitrogen and oxygen atoms in total. The van der Waals surface area contributed by atoms with E-state index in [2.05, 4.69) is 15.5 Å². The zero-order chi connectivity index (χ0) is 15.6. The maximum absolute atomic E-state index is 12.1. The maximum Gasteiger partial charge on any atom is 0.251 e. The Morgan fingerprint density at radius 2 is 2.00 bits per heavy atom. The van der Waals surface area contributed by atoms with Crippen LogP contribution in [-0.4, -0.2) is 22.1 Å². The average Bonchev–Trinajstić information content (AvgIpc) is 3.27. The molecular weight excluding hydrogens is 290 g/mol. The fraction of sp³-hybridized carbons (Fsp3) is 0.167. The lowest BCUT2D eigenvalue weighted by Gasteiger charge is -2.04. The normalized spacial score (nSPS) is 13.7. The van der Waals surface area contributed by atoms with Crippen molar-refractivity contribution in [1.29, 1.82) is 0 Å². The number of carbonyl (C=O) groups excluding carboxylic acids is 1. The number of hydrogen-bond acceptors (Lipinski definition) is 4. The summed E-state index contributed by atoms with van der Waals surface area (Å²) in [5.41, 5.74) is 3.06. The number of amides is 1. The van der Waals surface area contributed by atoms with E-state index in [1.54, 1.807) is 12.4 Å². The zero-order valence-electron chi connectivity index (χ0n) is 12.4. The standard InChI is InChI=1S/C18H15N3O2/c22-18(20-15-6-7-15)13-4-1-3-12(9-13)16-10-17(23-21-16)14-5-2-8-19-11-14/h1-5,8-11,15H,6-7H2,(H,20,22). The topological polar surface area (TPSA) is 68.0 Å². The van der Waals surface area contributed by atoms with Crippen molar-refractivity contribution in [2.45, 2.75) is 18.9 Å². The van der Waals surface area contributed by atoms with E-state index in [-0.39, 0.29) is 5.91 Å². The number of pyridine rings is 1. The van der Waals surface area contributed by atoms with Crippen LogP contribution in [-0.2, 0) is 0 Å². The Hall–Kier alpha value is -2.95. The largest absolute Gasteiger partial charge is 0.356 e.